The van der Waals surface area contributed by atoms with E-state index in [9.17, 15) is 0 Å². The predicted molar refractivity (Wildman–Crippen MR) is 205 cm³/mol. The molecule has 0 N–H and O–H groups in total. The number of hydrogen-bond acceptors (Lipinski definition) is 3. The molecule has 0 aliphatic rings. The summed E-state index contributed by atoms with van der Waals surface area (Å²) in [5, 5.41) is 7.32. The van der Waals surface area contributed by atoms with Crippen LogP contribution in [0.5, 0.6) is 0 Å². The average molecular weight is 638 g/mol. The Hall–Kier alpha value is -6.85. The summed E-state index contributed by atoms with van der Waals surface area (Å²) in [5.74, 6) is 1.85. The Morgan fingerprint density at radius 3 is 1.56 bits per heavy atom. The van der Waals surface area contributed by atoms with Gasteiger partial charge < -0.3 is 4.40 Å². The largest absolute Gasteiger partial charge is 0.308 e. The number of benzene rings is 7. The monoisotopic (exact) mass is 637 g/mol. The molecule has 0 aliphatic heterocycles. The smallest absolute Gasteiger partial charge is 0.238 e. The maximum Gasteiger partial charge on any atom is 0.238 e. The van der Waals surface area contributed by atoms with Crippen molar-refractivity contribution in [2.45, 2.75) is 0 Å². The van der Waals surface area contributed by atoms with E-state index in [2.05, 4.69) is 155 Å². The van der Waals surface area contributed by atoms with Crippen LogP contribution in [0.25, 0.3) is 99.8 Å². The zero-order valence-electron chi connectivity index (χ0n) is 26.8. The highest BCUT2D eigenvalue weighted by molar-refractivity contribution is 6.27. The molecule has 0 spiro atoms. The minimum atomic E-state index is 0.589. The van der Waals surface area contributed by atoms with Gasteiger partial charge in [-0.25, -0.2) is 4.98 Å². The quantitative estimate of drug-likeness (QED) is 0.193. The number of rotatable bonds is 4. The van der Waals surface area contributed by atoms with Crippen LogP contribution in [0.2, 0.25) is 0 Å². The molecule has 11 aromatic rings. The van der Waals surface area contributed by atoms with Crippen molar-refractivity contribution < 1.29 is 0 Å². The van der Waals surface area contributed by atoms with Crippen LogP contribution in [-0.4, -0.2) is 23.9 Å². The summed E-state index contributed by atoms with van der Waals surface area (Å²) in [6, 6.07) is 57.7. The number of para-hydroxylation sites is 4. The van der Waals surface area contributed by atoms with Gasteiger partial charge >= 0.3 is 0 Å². The molecule has 5 nitrogen and oxygen atoms in total. The fourth-order valence-corrected chi connectivity index (χ4v) is 8.04. The topological polar surface area (TPSA) is 48.0 Å². The maximum absolute atomic E-state index is 5.30. The second-order valence-corrected chi connectivity index (χ2v) is 12.8. The second kappa shape index (κ2) is 10.3. The molecule has 0 radical (unpaired) electrons. The standard InChI is InChI=1S/C45H27N5/c1-2-14-28(15-3-1)43-46-44(48-45(47-43)50-38-23-11-6-17-30(38)31-18-7-12-24-39(31)50)35-20-5-4-16-29(35)33-26-27-34-32-19-8-10-22-37(32)49-40-25-13-9-21-36(40)41(33)42(34)49/h1-27H. The predicted octanol–water partition coefficient (Wildman–Crippen LogP) is 11.1. The molecule has 7 aromatic carbocycles. The van der Waals surface area contributed by atoms with Gasteiger partial charge in [0.2, 0.25) is 5.95 Å². The van der Waals surface area contributed by atoms with Gasteiger partial charge in [0.05, 0.1) is 27.6 Å². The lowest BCUT2D eigenvalue weighted by Gasteiger charge is -2.14. The Morgan fingerprint density at radius 2 is 0.860 bits per heavy atom. The Kier molecular flexibility index (Phi) is 5.60. The fraction of sp³-hybridized carbons (Fsp3) is 0. The summed E-state index contributed by atoms with van der Waals surface area (Å²) in [4.78, 5) is 15.7. The molecule has 232 valence electrons. The van der Waals surface area contributed by atoms with E-state index in [4.69, 9.17) is 15.0 Å². The van der Waals surface area contributed by atoms with Crippen molar-refractivity contribution in [3.05, 3.63) is 164 Å². The van der Waals surface area contributed by atoms with E-state index in [0.717, 1.165) is 44.1 Å². The first-order valence-corrected chi connectivity index (χ1v) is 16.9. The van der Waals surface area contributed by atoms with Crippen molar-refractivity contribution in [3.63, 3.8) is 0 Å². The minimum Gasteiger partial charge on any atom is -0.308 e. The summed E-state index contributed by atoms with van der Waals surface area (Å²) in [7, 11) is 0. The molecule has 0 atom stereocenters. The normalized spacial score (nSPS) is 12.0. The second-order valence-electron chi connectivity index (χ2n) is 12.8. The lowest BCUT2D eigenvalue weighted by atomic mass is 9.93. The van der Waals surface area contributed by atoms with E-state index in [0.29, 0.717) is 17.6 Å². The van der Waals surface area contributed by atoms with Crippen LogP contribution in [0.4, 0.5) is 0 Å². The van der Waals surface area contributed by atoms with Crippen LogP contribution in [-0.2, 0) is 0 Å². The van der Waals surface area contributed by atoms with Crippen LogP contribution >= 0.6 is 0 Å². The highest BCUT2D eigenvalue weighted by atomic mass is 15.2. The average Bonchev–Trinajstić information content (AvgIpc) is 3.83. The Labute approximate surface area is 286 Å². The van der Waals surface area contributed by atoms with E-state index in [1.54, 1.807) is 0 Å². The summed E-state index contributed by atoms with van der Waals surface area (Å²) in [6.07, 6.45) is 0. The zero-order chi connectivity index (χ0) is 32.8. The van der Waals surface area contributed by atoms with E-state index < -0.39 is 0 Å². The fourth-order valence-electron chi connectivity index (χ4n) is 8.04. The van der Waals surface area contributed by atoms with Crippen LogP contribution in [0.15, 0.2) is 164 Å². The highest BCUT2D eigenvalue weighted by Gasteiger charge is 2.23. The summed E-state index contributed by atoms with van der Waals surface area (Å²) < 4.78 is 4.60. The van der Waals surface area contributed by atoms with Crippen molar-refractivity contribution in [3.8, 4) is 39.9 Å². The van der Waals surface area contributed by atoms with Gasteiger partial charge in [0.15, 0.2) is 11.6 Å². The molecule has 0 saturated heterocycles. The first-order valence-electron chi connectivity index (χ1n) is 16.9. The molecular weight excluding hydrogens is 611 g/mol. The molecule has 0 saturated carbocycles. The molecule has 0 amide bonds. The summed E-state index contributed by atoms with van der Waals surface area (Å²) in [6.45, 7) is 0. The highest BCUT2D eigenvalue weighted by Crippen LogP contribution is 2.45. The number of aromatic nitrogens is 5. The molecule has 0 unspecified atom stereocenters. The van der Waals surface area contributed by atoms with E-state index in [1.165, 1.54) is 38.1 Å². The molecular formula is C45H27N5. The molecule has 0 bridgehead atoms. The molecule has 0 fully saturated rings. The van der Waals surface area contributed by atoms with Crippen LogP contribution in [0, 0.1) is 0 Å². The Morgan fingerprint density at radius 1 is 0.340 bits per heavy atom. The van der Waals surface area contributed by atoms with Crippen molar-refractivity contribution in [1.29, 1.82) is 0 Å². The van der Waals surface area contributed by atoms with Crippen LogP contribution in [0.3, 0.4) is 0 Å². The van der Waals surface area contributed by atoms with Crippen LogP contribution in [0.1, 0.15) is 0 Å². The van der Waals surface area contributed by atoms with Gasteiger partial charge in [0.25, 0.3) is 0 Å². The van der Waals surface area contributed by atoms with Gasteiger partial charge in [0, 0.05) is 43.4 Å². The molecule has 5 heteroatoms. The maximum atomic E-state index is 5.30. The van der Waals surface area contributed by atoms with Gasteiger partial charge in [-0.2, -0.15) is 9.97 Å². The number of nitrogens with zero attached hydrogens (tertiary/aromatic N) is 5. The van der Waals surface area contributed by atoms with Crippen LogP contribution < -0.4 is 0 Å². The molecule has 4 aromatic heterocycles. The molecule has 4 heterocycles. The zero-order valence-corrected chi connectivity index (χ0v) is 26.8. The number of fused-ring (bicyclic) bond motifs is 9. The third kappa shape index (κ3) is 3.74. The third-order valence-electron chi connectivity index (χ3n) is 10.1. The van der Waals surface area contributed by atoms with Crippen molar-refractivity contribution in [1.82, 2.24) is 23.9 Å². The molecule has 0 aliphatic carbocycles. The van der Waals surface area contributed by atoms with E-state index in [1.807, 2.05) is 18.2 Å². The number of hydrogen-bond donors (Lipinski definition) is 0. The third-order valence-corrected chi connectivity index (χ3v) is 10.1. The van der Waals surface area contributed by atoms with Gasteiger partial charge in [-0.3, -0.25) is 4.57 Å². The van der Waals surface area contributed by atoms with Gasteiger partial charge in [-0.1, -0.05) is 140 Å². The van der Waals surface area contributed by atoms with Gasteiger partial charge in [0.1, 0.15) is 0 Å². The summed E-state index contributed by atoms with van der Waals surface area (Å²) in [5.41, 5.74) is 9.91. The lowest BCUT2D eigenvalue weighted by molar-refractivity contribution is 0.953. The van der Waals surface area contributed by atoms with E-state index >= 15 is 0 Å². The SMILES string of the molecule is c1ccc(-c2nc(-c3ccccc3-c3ccc4c5ccccc5n5c6ccccc6c3c45)nc(-n3c4ccccc4c4ccccc43)n2)cc1. The Bertz CT molecular complexity index is 3040. The van der Waals surface area contributed by atoms with Crippen molar-refractivity contribution in [2.24, 2.45) is 0 Å². The molecule has 11 rings (SSSR count). The van der Waals surface area contributed by atoms with E-state index in [-0.39, 0.29) is 0 Å². The minimum absolute atomic E-state index is 0.589. The first-order chi connectivity index (χ1) is 24.8. The van der Waals surface area contributed by atoms with Crippen molar-refractivity contribution in [2.75, 3.05) is 0 Å². The van der Waals surface area contributed by atoms with Gasteiger partial charge in [-0.15, -0.1) is 0 Å². The lowest BCUT2D eigenvalue weighted by Crippen LogP contribution is -2.06. The molecule has 50 heavy (non-hydrogen) atoms. The summed E-state index contributed by atoms with van der Waals surface area (Å²) >= 11 is 0. The first kappa shape index (κ1) is 27.1. The van der Waals surface area contributed by atoms with Crippen molar-refractivity contribution >= 4 is 59.9 Å². The van der Waals surface area contributed by atoms with Gasteiger partial charge in [-0.05, 0) is 35.4 Å². The Balaban J connectivity index is 1.22.